The number of hydrogen-bond acceptors (Lipinski definition) is 3. The van der Waals surface area contributed by atoms with Crippen molar-refractivity contribution < 1.29 is 14.3 Å². The fraction of sp³-hybridized carbons (Fsp3) is 0.778. The molecule has 3 nitrogen and oxygen atoms in total. The molecular formula is C9H16O3. The number of carbonyl (C=O) groups excluding carboxylic acids is 2. The van der Waals surface area contributed by atoms with Crippen molar-refractivity contribution in [2.45, 2.75) is 26.7 Å². The number of carbonyl (C=O) groups is 2. The first-order valence-corrected chi connectivity index (χ1v) is 4.12. The van der Waals surface area contributed by atoms with Gasteiger partial charge in [-0.2, -0.15) is 0 Å². The first-order valence-electron chi connectivity index (χ1n) is 4.12. The Balaban J connectivity index is 3.65. The third kappa shape index (κ3) is 4.88. The maximum Gasteiger partial charge on any atom is 0.305 e. The summed E-state index contributed by atoms with van der Waals surface area (Å²) in [6.07, 6.45) is 2.06. The predicted molar refractivity (Wildman–Crippen MR) is 45.6 cm³/mol. The van der Waals surface area contributed by atoms with E-state index in [4.69, 9.17) is 0 Å². The van der Waals surface area contributed by atoms with Crippen molar-refractivity contribution in [1.82, 2.24) is 0 Å². The van der Waals surface area contributed by atoms with E-state index in [0.29, 0.717) is 6.42 Å². The van der Waals surface area contributed by atoms with Gasteiger partial charge in [0.1, 0.15) is 6.29 Å². The van der Waals surface area contributed by atoms with Crippen LogP contribution < -0.4 is 0 Å². The lowest BCUT2D eigenvalue weighted by atomic mass is 9.96. The molecule has 0 spiro atoms. The molecule has 0 aliphatic heterocycles. The van der Waals surface area contributed by atoms with Crippen LogP contribution in [-0.2, 0) is 14.3 Å². The summed E-state index contributed by atoms with van der Waals surface area (Å²) >= 11 is 0. The van der Waals surface area contributed by atoms with Gasteiger partial charge in [0.15, 0.2) is 0 Å². The molecule has 0 heterocycles. The Morgan fingerprint density at radius 3 is 2.50 bits per heavy atom. The lowest BCUT2D eigenvalue weighted by Gasteiger charge is -2.10. The number of hydrogen-bond donors (Lipinski definition) is 0. The van der Waals surface area contributed by atoms with Crippen molar-refractivity contribution in [3.8, 4) is 0 Å². The molecule has 0 aromatic carbocycles. The summed E-state index contributed by atoms with van der Waals surface area (Å²) < 4.78 is 4.51. The first-order chi connectivity index (χ1) is 5.60. The molecule has 2 atom stereocenters. The van der Waals surface area contributed by atoms with Crippen LogP contribution in [0.3, 0.4) is 0 Å². The molecule has 0 fully saturated rings. The second kappa shape index (κ2) is 5.75. The van der Waals surface area contributed by atoms with Crippen molar-refractivity contribution >= 4 is 12.3 Å². The van der Waals surface area contributed by atoms with Crippen molar-refractivity contribution in [2.75, 3.05) is 7.11 Å². The van der Waals surface area contributed by atoms with Crippen LogP contribution in [-0.4, -0.2) is 19.4 Å². The average molecular weight is 172 g/mol. The second-order valence-electron chi connectivity index (χ2n) is 3.23. The van der Waals surface area contributed by atoms with Gasteiger partial charge in [0.25, 0.3) is 0 Å². The molecule has 0 radical (unpaired) electrons. The van der Waals surface area contributed by atoms with Gasteiger partial charge in [0.2, 0.25) is 0 Å². The Hall–Kier alpha value is -0.860. The molecule has 0 bridgehead atoms. The summed E-state index contributed by atoms with van der Waals surface area (Å²) in [6.45, 7) is 3.79. The molecule has 3 heteroatoms. The highest BCUT2D eigenvalue weighted by molar-refractivity contribution is 5.69. The molecule has 0 aromatic rings. The minimum Gasteiger partial charge on any atom is -0.469 e. The number of methoxy groups -OCH3 is 1. The lowest BCUT2D eigenvalue weighted by molar-refractivity contribution is -0.141. The molecule has 0 aromatic heterocycles. The van der Waals surface area contributed by atoms with E-state index in [-0.39, 0.29) is 17.8 Å². The highest BCUT2D eigenvalue weighted by atomic mass is 16.5. The van der Waals surface area contributed by atoms with Crippen molar-refractivity contribution in [3.63, 3.8) is 0 Å². The maximum atomic E-state index is 10.8. The summed E-state index contributed by atoms with van der Waals surface area (Å²) in [4.78, 5) is 21.1. The zero-order chi connectivity index (χ0) is 9.56. The Kier molecular flexibility index (Phi) is 5.34. The molecular weight excluding hydrogens is 156 g/mol. The van der Waals surface area contributed by atoms with Gasteiger partial charge in [-0.25, -0.2) is 0 Å². The van der Waals surface area contributed by atoms with Gasteiger partial charge in [0, 0.05) is 12.3 Å². The van der Waals surface area contributed by atoms with Crippen LogP contribution in [0.25, 0.3) is 0 Å². The van der Waals surface area contributed by atoms with Crippen LogP contribution >= 0.6 is 0 Å². The van der Waals surface area contributed by atoms with E-state index in [1.165, 1.54) is 7.11 Å². The lowest BCUT2D eigenvalue weighted by Crippen LogP contribution is -2.10. The van der Waals surface area contributed by atoms with Gasteiger partial charge in [-0.15, -0.1) is 0 Å². The maximum absolute atomic E-state index is 10.8. The number of ether oxygens (including phenoxy) is 1. The summed E-state index contributed by atoms with van der Waals surface area (Å²) in [7, 11) is 1.37. The molecule has 0 aliphatic carbocycles. The highest BCUT2D eigenvalue weighted by Crippen LogP contribution is 2.13. The van der Waals surface area contributed by atoms with E-state index < -0.39 is 0 Å². The summed E-state index contributed by atoms with van der Waals surface area (Å²) in [5.74, 6) is 0.0444. The fourth-order valence-electron chi connectivity index (χ4n) is 1.14. The van der Waals surface area contributed by atoms with Gasteiger partial charge in [0.05, 0.1) is 7.11 Å². The van der Waals surface area contributed by atoms with E-state index in [1.54, 1.807) is 0 Å². The number of rotatable bonds is 5. The third-order valence-electron chi connectivity index (χ3n) is 1.75. The quantitative estimate of drug-likeness (QED) is 0.465. The average Bonchev–Trinajstić information content (AvgIpc) is 2.03. The largest absolute Gasteiger partial charge is 0.469 e. The minimum absolute atomic E-state index is 0.0321. The standard InChI is InChI=1S/C9H16O3/c1-7(4-8(2)6-10)5-9(11)12-3/h6-8H,4-5H2,1-3H3/t7-,8+/m1/s1. The van der Waals surface area contributed by atoms with Gasteiger partial charge in [-0.3, -0.25) is 4.79 Å². The first kappa shape index (κ1) is 11.1. The highest BCUT2D eigenvalue weighted by Gasteiger charge is 2.12. The van der Waals surface area contributed by atoms with Gasteiger partial charge >= 0.3 is 5.97 Å². The topological polar surface area (TPSA) is 43.4 Å². The monoisotopic (exact) mass is 172 g/mol. The SMILES string of the molecule is COC(=O)C[C@H](C)C[C@H](C)C=O. The van der Waals surface area contributed by atoms with E-state index in [9.17, 15) is 9.59 Å². The molecule has 0 aliphatic rings. The zero-order valence-electron chi connectivity index (χ0n) is 7.87. The summed E-state index contributed by atoms with van der Waals surface area (Å²) in [6, 6.07) is 0. The Morgan fingerprint density at radius 2 is 2.08 bits per heavy atom. The number of esters is 1. The van der Waals surface area contributed by atoms with E-state index in [2.05, 4.69) is 4.74 Å². The smallest absolute Gasteiger partial charge is 0.305 e. The Bertz CT molecular complexity index is 154. The Labute approximate surface area is 73.1 Å². The van der Waals surface area contributed by atoms with Crippen LogP contribution in [0.1, 0.15) is 26.7 Å². The molecule has 70 valence electrons. The van der Waals surface area contributed by atoms with E-state index in [0.717, 1.165) is 12.7 Å². The van der Waals surface area contributed by atoms with Gasteiger partial charge < -0.3 is 9.53 Å². The van der Waals surface area contributed by atoms with Crippen LogP contribution in [0.5, 0.6) is 0 Å². The normalized spacial score (nSPS) is 14.9. The predicted octanol–water partition coefficient (Wildman–Crippen LogP) is 1.41. The molecule has 12 heavy (non-hydrogen) atoms. The van der Waals surface area contributed by atoms with E-state index >= 15 is 0 Å². The molecule has 0 unspecified atom stereocenters. The number of aldehydes is 1. The molecule has 0 saturated carbocycles. The molecule has 0 saturated heterocycles. The van der Waals surface area contributed by atoms with Crippen molar-refractivity contribution in [1.29, 1.82) is 0 Å². The zero-order valence-corrected chi connectivity index (χ0v) is 7.87. The fourth-order valence-corrected chi connectivity index (χ4v) is 1.14. The van der Waals surface area contributed by atoms with Gasteiger partial charge in [-0.1, -0.05) is 13.8 Å². The summed E-state index contributed by atoms with van der Waals surface area (Å²) in [5, 5.41) is 0. The van der Waals surface area contributed by atoms with Crippen molar-refractivity contribution in [2.24, 2.45) is 11.8 Å². The molecule has 0 N–H and O–H groups in total. The van der Waals surface area contributed by atoms with Gasteiger partial charge in [-0.05, 0) is 12.3 Å². The molecule has 0 rings (SSSR count). The second-order valence-corrected chi connectivity index (χ2v) is 3.23. The van der Waals surface area contributed by atoms with Crippen molar-refractivity contribution in [3.05, 3.63) is 0 Å². The summed E-state index contributed by atoms with van der Waals surface area (Å²) in [5.41, 5.74) is 0. The van der Waals surface area contributed by atoms with Crippen LogP contribution in [0.15, 0.2) is 0 Å². The van der Waals surface area contributed by atoms with Crippen LogP contribution in [0, 0.1) is 11.8 Å². The minimum atomic E-state index is -0.208. The van der Waals surface area contributed by atoms with Crippen LogP contribution in [0.2, 0.25) is 0 Å². The molecule has 0 amide bonds. The van der Waals surface area contributed by atoms with E-state index in [1.807, 2.05) is 13.8 Å². The van der Waals surface area contributed by atoms with Crippen LogP contribution in [0.4, 0.5) is 0 Å². The Morgan fingerprint density at radius 1 is 1.50 bits per heavy atom. The third-order valence-corrected chi connectivity index (χ3v) is 1.75.